The Labute approximate surface area is 181 Å². The van der Waals surface area contributed by atoms with Gasteiger partial charge in [0.05, 0.1) is 18.1 Å². The molecule has 6 heteroatoms. The number of carbonyl (C=O) groups is 2. The first-order valence-corrected chi connectivity index (χ1v) is 10.2. The molecule has 1 fully saturated rings. The molecule has 1 saturated heterocycles. The minimum absolute atomic E-state index is 0.152. The molecule has 1 atom stereocenters. The Morgan fingerprint density at radius 1 is 1.10 bits per heavy atom. The number of rotatable bonds is 6. The second-order valence-corrected chi connectivity index (χ2v) is 7.90. The first-order chi connectivity index (χ1) is 15.0. The third-order valence-electron chi connectivity index (χ3n) is 6.02. The summed E-state index contributed by atoms with van der Waals surface area (Å²) in [6, 6.07) is 19.0. The van der Waals surface area contributed by atoms with Crippen molar-refractivity contribution in [3.63, 3.8) is 0 Å². The second-order valence-electron chi connectivity index (χ2n) is 7.90. The highest BCUT2D eigenvalue weighted by Gasteiger charge is 2.45. The van der Waals surface area contributed by atoms with Crippen molar-refractivity contribution in [2.45, 2.75) is 12.8 Å². The lowest BCUT2D eigenvalue weighted by Gasteiger charge is -2.27. The number of nitrogens with zero attached hydrogens (tertiary/aromatic N) is 2. The van der Waals surface area contributed by atoms with Gasteiger partial charge in [-0.05, 0) is 42.2 Å². The molecular formula is C25H25N3O3. The Balaban J connectivity index is 1.62. The number of primary amides is 1. The van der Waals surface area contributed by atoms with Crippen LogP contribution in [0.1, 0.15) is 22.3 Å². The topological polar surface area (TPSA) is 85.5 Å². The Bertz CT molecular complexity index is 1100. The van der Waals surface area contributed by atoms with Gasteiger partial charge >= 0.3 is 0 Å². The number of carbonyl (C=O) groups excluding carboxylic acids is 2. The van der Waals surface area contributed by atoms with Gasteiger partial charge in [0.15, 0.2) is 0 Å². The first kappa shape index (κ1) is 20.6. The highest BCUT2D eigenvalue weighted by molar-refractivity contribution is 5.98. The van der Waals surface area contributed by atoms with Crippen molar-refractivity contribution in [3.8, 4) is 16.9 Å². The van der Waals surface area contributed by atoms with Crippen LogP contribution in [-0.4, -0.2) is 41.9 Å². The van der Waals surface area contributed by atoms with Gasteiger partial charge in [-0.2, -0.15) is 0 Å². The van der Waals surface area contributed by atoms with E-state index in [1.165, 1.54) is 0 Å². The number of ether oxygens (including phenoxy) is 1. The van der Waals surface area contributed by atoms with Crippen molar-refractivity contribution in [2.24, 2.45) is 11.1 Å². The standard InChI is InChI=1S/C25H25N3O3/c1-31-22-11-5-4-10-21(22)23(29)28-14-12-25(17-28,24(26)30)15-18-7-2-3-9-20(18)19-8-6-13-27-16-19/h2-11,13,16H,12,14-15,17H2,1H3,(H2,26,30)/t25-/m1/s1. The average molecular weight is 415 g/mol. The minimum Gasteiger partial charge on any atom is -0.496 e. The van der Waals surface area contributed by atoms with E-state index in [1.54, 1.807) is 36.4 Å². The van der Waals surface area contributed by atoms with Crippen LogP contribution < -0.4 is 10.5 Å². The number of aromatic nitrogens is 1. The van der Waals surface area contributed by atoms with Crippen LogP contribution in [-0.2, 0) is 11.2 Å². The third-order valence-corrected chi connectivity index (χ3v) is 6.02. The number of hydrogen-bond acceptors (Lipinski definition) is 4. The maximum Gasteiger partial charge on any atom is 0.257 e. The molecule has 1 aromatic heterocycles. The first-order valence-electron chi connectivity index (χ1n) is 10.2. The van der Waals surface area contributed by atoms with Gasteiger partial charge in [0, 0.05) is 31.0 Å². The lowest BCUT2D eigenvalue weighted by Crippen LogP contribution is -2.42. The number of pyridine rings is 1. The number of amides is 2. The molecule has 0 bridgehead atoms. The SMILES string of the molecule is COc1ccccc1C(=O)N1CC[C@](Cc2ccccc2-c2cccnc2)(C(N)=O)C1. The second kappa shape index (κ2) is 8.60. The van der Waals surface area contributed by atoms with Gasteiger partial charge in [-0.15, -0.1) is 0 Å². The van der Waals surface area contributed by atoms with Gasteiger partial charge in [0.1, 0.15) is 5.75 Å². The van der Waals surface area contributed by atoms with E-state index < -0.39 is 5.41 Å². The van der Waals surface area contributed by atoms with E-state index in [4.69, 9.17) is 10.5 Å². The summed E-state index contributed by atoms with van der Waals surface area (Å²) in [5, 5.41) is 0. The molecule has 2 aromatic carbocycles. The number of likely N-dealkylation sites (tertiary alicyclic amines) is 1. The van der Waals surface area contributed by atoms with Gasteiger partial charge in [0.2, 0.25) is 5.91 Å². The van der Waals surface area contributed by atoms with Crippen LogP contribution in [0, 0.1) is 5.41 Å². The van der Waals surface area contributed by atoms with Crippen LogP contribution in [0.2, 0.25) is 0 Å². The Morgan fingerprint density at radius 2 is 1.87 bits per heavy atom. The van der Waals surface area contributed by atoms with Crippen molar-refractivity contribution in [1.82, 2.24) is 9.88 Å². The number of para-hydroxylation sites is 1. The van der Waals surface area contributed by atoms with Gasteiger partial charge in [-0.1, -0.05) is 42.5 Å². The normalized spacial score (nSPS) is 18.0. The molecule has 158 valence electrons. The van der Waals surface area contributed by atoms with Crippen LogP contribution in [0.5, 0.6) is 5.75 Å². The van der Waals surface area contributed by atoms with Crippen molar-refractivity contribution in [3.05, 3.63) is 84.2 Å². The summed E-state index contributed by atoms with van der Waals surface area (Å²) in [5.41, 5.74) is 8.59. The van der Waals surface area contributed by atoms with Crippen molar-refractivity contribution < 1.29 is 14.3 Å². The zero-order chi connectivity index (χ0) is 21.8. The summed E-state index contributed by atoms with van der Waals surface area (Å²) < 4.78 is 5.34. The van der Waals surface area contributed by atoms with Crippen molar-refractivity contribution >= 4 is 11.8 Å². The predicted molar refractivity (Wildman–Crippen MR) is 119 cm³/mol. The van der Waals surface area contributed by atoms with Crippen LogP contribution >= 0.6 is 0 Å². The molecule has 1 aliphatic heterocycles. The van der Waals surface area contributed by atoms with E-state index >= 15 is 0 Å². The van der Waals surface area contributed by atoms with E-state index in [9.17, 15) is 9.59 Å². The predicted octanol–water partition coefficient (Wildman–Crippen LogP) is 3.32. The highest BCUT2D eigenvalue weighted by atomic mass is 16.5. The Hall–Kier alpha value is -3.67. The summed E-state index contributed by atoms with van der Waals surface area (Å²) in [7, 11) is 1.54. The number of hydrogen-bond donors (Lipinski definition) is 1. The molecule has 31 heavy (non-hydrogen) atoms. The van der Waals surface area contributed by atoms with Crippen LogP contribution in [0.3, 0.4) is 0 Å². The molecule has 2 N–H and O–H groups in total. The monoisotopic (exact) mass is 415 g/mol. The zero-order valence-corrected chi connectivity index (χ0v) is 17.5. The van der Waals surface area contributed by atoms with Gasteiger partial charge < -0.3 is 15.4 Å². The van der Waals surface area contributed by atoms with Crippen molar-refractivity contribution in [1.29, 1.82) is 0 Å². The Kier molecular flexibility index (Phi) is 5.71. The summed E-state index contributed by atoms with van der Waals surface area (Å²) in [6.45, 7) is 0.746. The number of benzene rings is 2. The molecule has 1 aliphatic rings. The summed E-state index contributed by atoms with van der Waals surface area (Å²) in [6.07, 6.45) is 4.52. The molecule has 0 saturated carbocycles. The molecule has 2 amide bonds. The third kappa shape index (κ3) is 4.01. The van der Waals surface area contributed by atoms with Crippen LogP contribution in [0.4, 0.5) is 0 Å². The quantitative estimate of drug-likeness (QED) is 0.669. The largest absolute Gasteiger partial charge is 0.496 e. The van der Waals surface area contributed by atoms with E-state index in [2.05, 4.69) is 4.98 Å². The molecule has 4 rings (SSSR count). The number of methoxy groups -OCH3 is 1. The van der Waals surface area contributed by atoms with E-state index in [0.717, 1.165) is 16.7 Å². The van der Waals surface area contributed by atoms with E-state index in [1.807, 2.05) is 48.7 Å². The summed E-state index contributed by atoms with van der Waals surface area (Å²) >= 11 is 0. The van der Waals surface area contributed by atoms with E-state index in [0.29, 0.717) is 30.7 Å². The fourth-order valence-corrected chi connectivity index (χ4v) is 4.31. The minimum atomic E-state index is -0.823. The zero-order valence-electron chi connectivity index (χ0n) is 17.5. The highest BCUT2D eigenvalue weighted by Crippen LogP contribution is 2.38. The fourth-order valence-electron chi connectivity index (χ4n) is 4.31. The lowest BCUT2D eigenvalue weighted by atomic mass is 9.78. The molecule has 6 nitrogen and oxygen atoms in total. The lowest BCUT2D eigenvalue weighted by molar-refractivity contribution is -0.126. The van der Waals surface area contributed by atoms with Gasteiger partial charge in [-0.3, -0.25) is 14.6 Å². The average Bonchev–Trinajstić information content (AvgIpc) is 3.25. The van der Waals surface area contributed by atoms with E-state index in [-0.39, 0.29) is 18.4 Å². The van der Waals surface area contributed by atoms with Gasteiger partial charge in [-0.25, -0.2) is 0 Å². The summed E-state index contributed by atoms with van der Waals surface area (Å²) in [5.74, 6) is -0.0177. The number of nitrogens with two attached hydrogens (primary N) is 1. The molecule has 2 heterocycles. The Morgan fingerprint density at radius 3 is 2.61 bits per heavy atom. The maximum absolute atomic E-state index is 13.2. The fraction of sp³-hybridized carbons (Fsp3) is 0.240. The molecule has 0 unspecified atom stereocenters. The summed E-state index contributed by atoms with van der Waals surface area (Å²) in [4.78, 5) is 31.7. The van der Waals surface area contributed by atoms with Gasteiger partial charge in [0.25, 0.3) is 5.91 Å². The molecule has 0 radical (unpaired) electrons. The molecule has 0 aliphatic carbocycles. The molecule has 3 aromatic rings. The molecule has 0 spiro atoms. The smallest absolute Gasteiger partial charge is 0.257 e. The van der Waals surface area contributed by atoms with Crippen LogP contribution in [0.15, 0.2) is 73.1 Å². The molecular weight excluding hydrogens is 390 g/mol. The van der Waals surface area contributed by atoms with Crippen LogP contribution in [0.25, 0.3) is 11.1 Å². The van der Waals surface area contributed by atoms with Crippen molar-refractivity contribution in [2.75, 3.05) is 20.2 Å². The maximum atomic E-state index is 13.2.